The summed E-state index contributed by atoms with van der Waals surface area (Å²) < 4.78 is 0. The van der Waals surface area contributed by atoms with Gasteiger partial charge in [-0.3, -0.25) is 9.59 Å². The second-order valence-corrected chi connectivity index (χ2v) is 8.05. The van der Waals surface area contributed by atoms with Crippen LogP contribution < -0.4 is 0 Å². The van der Waals surface area contributed by atoms with Crippen LogP contribution in [0.1, 0.15) is 32.1 Å². The van der Waals surface area contributed by atoms with Crippen molar-refractivity contribution in [3.8, 4) is 22.5 Å². The number of carbonyl (C=O) groups excluding carboxylic acids is 2. The van der Waals surface area contributed by atoms with Gasteiger partial charge in [-0.25, -0.2) is 39.9 Å². The van der Waals surface area contributed by atoms with E-state index in [0.29, 0.717) is 56.2 Å². The van der Waals surface area contributed by atoms with Crippen molar-refractivity contribution in [1.82, 2.24) is 39.9 Å². The molecule has 10 heteroatoms. The summed E-state index contributed by atoms with van der Waals surface area (Å²) in [5.41, 5.74) is 7.05. The molecule has 0 radical (unpaired) electrons. The number of aromatic nitrogens is 8. The van der Waals surface area contributed by atoms with E-state index in [9.17, 15) is 9.59 Å². The zero-order valence-electron chi connectivity index (χ0n) is 18.3. The molecule has 2 aromatic carbocycles. The summed E-state index contributed by atoms with van der Waals surface area (Å²) in [5.74, 6) is -0.174. The first-order chi connectivity index (χ1) is 17.7. The molecule has 0 fully saturated rings. The zero-order valence-corrected chi connectivity index (χ0v) is 18.3. The van der Waals surface area contributed by atoms with Crippen molar-refractivity contribution < 1.29 is 9.59 Å². The van der Waals surface area contributed by atoms with Gasteiger partial charge in [0.15, 0.2) is 11.3 Å². The molecule has 0 aliphatic heterocycles. The quantitative estimate of drug-likeness (QED) is 0.326. The van der Waals surface area contributed by atoms with Crippen LogP contribution in [0.4, 0.5) is 0 Å². The molecule has 2 aliphatic carbocycles. The largest absolute Gasteiger partial charge is 0.287 e. The minimum absolute atomic E-state index is 0.0844. The monoisotopic (exact) mass is 468 g/mol. The average molecular weight is 468 g/mol. The molecule has 4 aromatic heterocycles. The molecule has 6 aromatic rings. The van der Waals surface area contributed by atoms with Crippen LogP contribution in [0.3, 0.4) is 0 Å². The molecule has 0 amide bonds. The molecular weight excluding hydrogens is 456 g/mol. The third-order valence-electron chi connectivity index (χ3n) is 5.98. The van der Waals surface area contributed by atoms with Gasteiger partial charge in [-0.15, -0.1) is 0 Å². The lowest BCUT2D eigenvalue weighted by Gasteiger charge is -1.99. The minimum Gasteiger partial charge on any atom is -0.287 e. The van der Waals surface area contributed by atoms with Crippen molar-refractivity contribution in [2.45, 2.75) is 0 Å². The Balaban J connectivity index is 0.000000122. The van der Waals surface area contributed by atoms with Crippen LogP contribution in [0.25, 0.3) is 44.8 Å². The number of carbonyl (C=O) groups is 2. The standard InChI is InChI=1S/2C13H6N4O/c18-12-8-4-2-1-3-7(8)10-11(12)16-9-5-14-6-15-13(9)17-10;18-12-8-4-2-1-3-7(8)10-11(12)17-13-9(16-10)5-14-6-15-13/h2*1-6H. The van der Waals surface area contributed by atoms with Crippen molar-refractivity contribution >= 4 is 33.9 Å². The maximum Gasteiger partial charge on any atom is 0.214 e. The number of nitrogens with zero attached hydrogens (tertiary/aromatic N) is 8. The van der Waals surface area contributed by atoms with Gasteiger partial charge in [-0.05, 0) is 0 Å². The lowest BCUT2D eigenvalue weighted by atomic mass is 10.1. The number of benzene rings is 2. The molecule has 2 aliphatic rings. The van der Waals surface area contributed by atoms with E-state index in [1.165, 1.54) is 12.7 Å². The van der Waals surface area contributed by atoms with Gasteiger partial charge in [0.1, 0.15) is 46.5 Å². The second-order valence-electron chi connectivity index (χ2n) is 8.05. The predicted octanol–water partition coefficient (Wildman–Crippen LogP) is 3.26. The normalized spacial score (nSPS) is 12.6. The third-order valence-corrected chi connectivity index (χ3v) is 5.98. The van der Waals surface area contributed by atoms with E-state index in [-0.39, 0.29) is 11.6 Å². The Morgan fingerprint density at radius 1 is 0.472 bits per heavy atom. The molecule has 10 nitrogen and oxygen atoms in total. The molecule has 0 atom stereocenters. The Hall–Kier alpha value is -5.38. The zero-order chi connectivity index (χ0) is 24.2. The summed E-state index contributed by atoms with van der Waals surface area (Å²) in [7, 11) is 0. The number of hydrogen-bond acceptors (Lipinski definition) is 10. The predicted molar refractivity (Wildman–Crippen MR) is 128 cm³/mol. The van der Waals surface area contributed by atoms with Crippen LogP contribution in [-0.2, 0) is 0 Å². The summed E-state index contributed by atoms with van der Waals surface area (Å²) in [6.07, 6.45) is 5.98. The molecular formula is C26H12N8O2. The van der Waals surface area contributed by atoms with Gasteiger partial charge < -0.3 is 0 Å². The fourth-order valence-electron chi connectivity index (χ4n) is 4.35. The van der Waals surface area contributed by atoms with E-state index in [4.69, 9.17) is 0 Å². The lowest BCUT2D eigenvalue weighted by molar-refractivity contribution is 0.103. The number of fused-ring (bicyclic) bond motifs is 8. The summed E-state index contributed by atoms with van der Waals surface area (Å²) in [4.78, 5) is 57.7. The molecule has 8 rings (SSSR count). The third kappa shape index (κ3) is 2.91. The van der Waals surface area contributed by atoms with Crippen molar-refractivity contribution in [3.05, 3.63) is 96.1 Å². The highest BCUT2D eigenvalue weighted by atomic mass is 16.1. The lowest BCUT2D eigenvalue weighted by Crippen LogP contribution is -2.01. The van der Waals surface area contributed by atoms with E-state index >= 15 is 0 Å². The Morgan fingerprint density at radius 2 is 0.889 bits per heavy atom. The van der Waals surface area contributed by atoms with E-state index < -0.39 is 0 Å². The molecule has 0 saturated heterocycles. The molecule has 0 spiro atoms. The van der Waals surface area contributed by atoms with Crippen LogP contribution >= 0.6 is 0 Å². The molecule has 0 bridgehead atoms. The van der Waals surface area contributed by atoms with Gasteiger partial charge >= 0.3 is 0 Å². The second kappa shape index (κ2) is 7.57. The van der Waals surface area contributed by atoms with Crippen LogP contribution in [-0.4, -0.2) is 51.4 Å². The number of ketones is 2. The molecule has 0 saturated carbocycles. The Labute approximate surface area is 202 Å². The van der Waals surface area contributed by atoms with Crippen molar-refractivity contribution in [3.63, 3.8) is 0 Å². The Morgan fingerprint density at radius 3 is 1.44 bits per heavy atom. The first kappa shape index (κ1) is 20.0. The summed E-state index contributed by atoms with van der Waals surface area (Å²) in [5, 5.41) is 0. The molecule has 4 heterocycles. The maximum absolute atomic E-state index is 12.2. The van der Waals surface area contributed by atoms with Crippen molar-refractivity contribution in [2.75, 3.05) is 0 Å². The van der Waals surface area contributed by atoms with Crippen LogP contribution in [0.15, 0.2) is 73.6 Å². The van der Waals surface area contributed by atoms with Gasteiger partial charge in [-0.1, -0.05) is 48.5 Å². The summed E-state index contributed by atoms with van der Waals surface area (Å²) in [6.45, 7) is 0. The fourth-order valence-corrected chi connectivity index (χ4v) is 4.35. The average Bonchev–Trinajstić information content (AvgIpc) is 3.37. The topological polar surface area (TPSA) is 137 Å². The highest BCUT2D eigenvalue weighted by Crippen LogP contribution is 2.35. The van der Waals surface area contributed by atoms with Crippen LogP contribution in [0, 0.1) is 0 Å². The van der Waals surface area contributed by atoms with Gasteiger partial charge in [0.2, 0.25) is 11.6 Å². The minimum atomic E-state index is -0.0892. The molecule has 168 valence electrons. The molecule has 0 N–H and O–H groups in total. The van der Waals surface area contributed by atoms with E-state index in [1.54, 1.807) is 24.5 Å². The van der Waals surface area contributed by atoms with Gasteiger partial charge in [0, 0.05) is 22.3 Å². The summed E-state index contributed by atoms with van der Waals surface area (Å²) >= 11 is 0. The van der Waals surface area contributed by atoms with E-state index in [1.807, 2.05) is 36.4 Å². The van der Waals surface area contributed by atoms with Gasteiger partial charge in [-0.2, -0.15) is 0 Å². The number of hydrogen-bond donors (Lipinski definition) is 0. The van der Waals surface area contributed by atoms with E-state index in [0.717, 1.165) is 11.1 Å². The first-order valence-electron chi connectivity index (χ1n) is 10.9. The maximum atomic E-state index is 12.2. The fraction of sp³-hybridized carbons (Fsp3) is 0. The molecule has 0 unspecified atom stereocenters. The van der Waals surface area contributed by atoms with Crippen LogP contribution in [0.2, 0.25) is 0 Å². The number of rotatable bonds is 0. The van der Waals surface area contributed by atoms with Crippen molar-refractivity contribution in [1.29, 1.82) is 0 Å². The highest BCUT2D eigenvalue weighted by molar-refractivity contribution is 6.21. The Bertz CT molecular complexity index is 1760. The smallest absolute Gasteiger partial charge is 0.214 e. The van der Waals surface area contributed by atoms with Crippen molar-refractivity contribution in [2.24, 2.45) is 0 Å². The van der Waals surface area contributed by atoms with Gasteiger partial charge in [0.25, 0.3) is 0 Å². The molecule has 36 heavy (non-hydrogen) atoms. The van der Waals surface area contributed by atoms with Gasteiger partial charge in [0.05, 0.1) is 12.4 Å². The first-order valence-corrected chi connectivity index (χ1v) is 10.9. The summed E-state index contributed by atoms with van der Waals surface area (Å²) in [6, 6.07) is 14.8. The Kier molecular flexibility index (Phi) is 4.21. The highest BCUT2D eigenvalue weighted by Gasteiger charge is 2.30. The van der Waals surface area contributed by atoms with Crippen LogP contribution in [0.5, 0.6) is 0 Å². The SMILES string of the molecule is O=C1c2ccccc2-c2nc3cncnc3nc21.O=C1c2ccccc2-c2nc3ncncc3nc21. The van der Waals surface area contributed by atoms with E-state index in [2.05, 4.69) is 39.9 Å².